The van der Waals surface area contributed by atoms with Gasteiger partial charge >= 0.3 is 6.61 Å². The summed E-state index contributed by atoms with van der Waals surface area (Å²) in [6.45, 7) is 3.16. The van der Waals surface area contributed by atoms with E-state index in [0.717, 1.165) is 11.0 Å². The van der Waals surface area contributed by atoms with Crippen LogP contribution in [0.25, 0.3) is 22.8 Å². The number of carbonyl (C=O) groups excluding carboxylic acids is 1. The molecule has 0 amide bonds. The van der Waals surface area contributed by atoms with Gasteiger partial charge in [0, 0.05) is 12.1 Å². The normalized spacial score (nSPS) is 11.7. The van der Waals surface area contributed by atoms with Crippen LogP contribution in [0.4, 0.5) is 8.78 Å². The topological polar surface area (TPSA) is 48.5 Å². The van der Waals surface area contributed by atoms with E-state index in [4.69, 9.17) is 0 Å². The number of hydrogen-bond acceptors (Lipinski definition) is 3. The van der Waals surface area contributed by atoms with Crippen molar-refractivity contribution in [2.24, 2.45) is 0 Å². The molecule has 152 valence electrons. The van der Waals surface area contributed by atoms with E-state index < -0.39 is 6.61 Å². The molecule has 2 aromatic carbocycles. The molecule has 0 bridgehead atoms. The number of allylic oxidation sites excluding steroid dienone is 2. The van der Waals surface area contributed by atoms with E-state index in [2.05, 4.69) is 16.4 Å². The summed E-state index contributed by atoms with van der Waals surface area (Å²) in [6, 6.07) is 14.1. The fourth-order valence-corrected chi connectivity index (χ4v) is 3.59. The number of aryl methyl sites for hydroxylation is 1. The second-order valence-electron chi connectivity index (χ2n) is 6.70. The summed E-state index contributed by atoms with van der Waals surface area (Å²) in [7, 11) is 0. The molecule has 0 atom stereocenters. The van der Waals surface area contributed by atoms with E-state index in [9.17, 15) is 13.6 Å². The van der Waals surface area contributed by atoms with Crippen molar-refractivity contribution in [3.8, 4) is 5.75 Å². The first-order valence-corrected chi connectivity index (χ1v) is 9.35. The van der Waals surface area contributed by atoms with Gasteiger partial charge in [-0.15, -0.1) is 6.58 Å². The molecule has 0 unspecified atom stereocenters. The van der Waals surface area contributed by atoms with Gasteiger partial charge in [0.2, 0.25) is 0 Å². The summed E-state index contributed by atoms with van der Waals surface area (Å²) in [5.74, 6) is -0.267. The molecule has 5 nitrogen and oxygen atoms in total. The third-order valence-electron chi connectivity index (χ3n) is 4.80. The number of halogens is 2. The zero-order valence-corrected chi connectivity index (χ0v) is 16.3. The number of rotatable bonds is 7. The van der Waals surface area contributed by atoms with Gasteiger partial charge in [-0.3, -0.25) is 4.79 Å². The Bertz CT molecular complexity index is 1280. The molecule has 7 heteroatoms. The average molecular weight is 407 g/mol. The van der Waals surface area contributed by atoms with Gasteiger partial charge in [0.05, 0.1) is 22.3 Å². The molecular formula is C23H19F2N3O2. The van der Waals surface area contributed by atoms with Gasteiger partial charge < -0.3 is 9.30 Å². The molecule has 0 fully saturated rings. The van der Waals surface area contributed by atoms with Crippen molar-refractivity contribution < 1.29 is 18.3 Å². The Morgan fingerprint density at radius 1 is 1.17 bits per heavy atom. The number of benzene rings is 2. The van der Waals surface area contributed by atoms with Gasteiger partial charge in [-0.2, -0.15) is 13.9 Å². The second-order valence-corrected chi connectivity index (χ2v) is 6.70. The summed E-state index contributed by atoms with van der Waals surface area (Å²) in [5, 5.41) is 4.56. The minimum atomic E-state index is -2.94. The van der Waals surface area contributed by atoms with Crippen LogP contribution in [0, 0.1) is 6.92 Å². The number of ether oxygens (including phenoxy) is 1. The summed E-state index contributed by atoms with van der Waals surface area (Å²) < 4.78 is 33.5. The number of alkyl halides is 2. The van der Waals surface area contributed by atoms with Crippen LogP contribution in [0.15, 0.2) is 67.3 Å². The molecule has 0 aliphatic carbocycles. The highest BCUT2D eigenvalue weighted by molar-refractivity contribution is 6.12. The quantitative estimate of drug-likeness (QED) is 0.238. The molecule has 0 N–H and O–H groups in total. The molecule has 4 aromatic rings. The number of carbonyl (C=O) groups is 1. The molecule has 0 saturated carbocycles. The fourth-order valence-electron chi connectivity index (χ4n) is 3.59. The molecule has 0 saturated heterocycles. The highest BCUT2D eigenvalue weighted by Crippen LogP contribution is 2.27. The van der Waals surface area contributed by atoms with Crippen LogP contribution in [-0.2, 0) is 6.54 Å². The first-order chi connectivity index (χ1) is 14.5. The van der Waals surface area contributed by atoms with Gasteiger partial charge in [-0.05, 0) is 37.3 Å². The Labute approximate surface area is 171 Å². The highest BCUT2D eigenvalue weighted by atomic mass is 19.3. The summed E-state index contributed by atoms with van der Waals surface area (Å²) in [5.41, 5.74) is 3.92. The van der Waals surface area contributed by atoms with Crippen molar-refractivity contribution in [1.29, 1.82) is 0 Å². The van der Waals surface area contributed by atoms with Crippen LogP contribution < -0.4 is 4.74 Å². The molecule has 4 rings (SSSR count). The number of fused-ring (bicyclic) bond motifs is 3. The van der Waals surface area contributed by atoms with Crippen LogP contribution in [-0.4, -0.2) is 26.6 Å². The van der Waals surface area contributed by atoms with Crippen LogP contribution >= 0.6 is 0 Å². The first kappa shape index (κ1) is 19.6. The minimum Gasteiger partial charge on any atom is -0.434 e. The summed E-state index contributed by atoms with van der Waals surface area (Å²) in [6.07, 6.45) is 4.59. The Kier molecular flexibility index (Phi) is 5.18. The summed E-state index contributed by atoms with van der Waals surface area (Å²) in [4.78, 5) is 13.1. The monoisotopic (exact) mass is 407 g/mol. The number of imidazole rings is 1. The van der Waals surface area contributed by atoms with Crippen LogP contribution in [0.3, 0.4) is 0 Å². The SMILES string of the molecule is C=CCn1c2ccccc2n2nc(C)c(C(=O)C=Cc3ccccc3OC(F)F)c12. The Morgan fingerprint density at radius 3 is 2.60 bits per heavy atom. The van der Waals surface area contributed by atoms with Gasteiger partial charge in [-0.1, -0.05) is 36.4 Å². The highest BCUT2D eigenvalue weighted by Gasteiger charge is 2.22. The maximum atomic E-state index is 13.1. The van der Waals surface area contributed by atoms with E-state index in [0.29, 0.717) is 29.0 Å². The van der Waals surface area contributed by atoms with Crippen molar-refractivity contribution in [2.45, 2.75) is 20.1 Å². The van der Waals surface area contributed by atoms with Gasteiger partial charge in [-0.25, -0.2) is 4.52 Å². The standard InChI is InChI=1S/C23H19F2N3O2/c1-3-14-27-17-9-5-6-10-18(17)28-22(27)21(15(2)26-28)19(29)13-12-16-8-4-7-11-20(16)30-23(24)25/h3-13,23H,1,14H2,2H3. The number of para-hydroxylation sites is 3. The number of aromatic nitrogens is 3. The summed E-state index contributed by atoms with van der Waals surface area (Å²) >= 11 is 0. The van der Waals surface area contributed by atoms with E-state index in [1.807, 2.05) is 28.8 Å². The smallest absolute Gasteiger partial charge is 0.387 e. The Morgan fingerprint density at radius 2 is 1.87 bits per heavy atom. The lowest BCUT2D eigenvalue weighted by molar-refractivity contribution is -0.0499. The van der Waals surface area contributed by atoms with E-state index in [-0.39, 0.29) is 11.5 Å². The molecule has 2 aromatic heterocycles. The lowest BCUT2D eigenvalue weighted by atomic mass is 10.1. The lowest BCUT2D eigenvalue weighted by Crippen LogP contribution is -2.04. The van der Waals surface area contributed by atoms with Crippen LogP contribution in [0.2, 0.25) is 0 Å². The lowest BCUT2D eigenvalue weighted by Gasteiger charge is -2.07. The van der Waals surface area contributed by atoms with Gasteiger partial charge in [0.15, 0.2) is 5.78 Å². The van der Waals surface area contributed by atoms with Crippen LogP contribution in [0.5, 0.6) is 5.75 Å². The minimum absolute atomic E-state index is 0.00851. The third kappa shape index (κ3) is 3.39. The predicted octanol–water partition coefficient (Wildman–Crippen LogP) is 5.28. The van der Waals surface area contributed by atoms with Gasteiger partial charge in [0.25, 0.3) is 0 Å². The van der Waals surface area contributed by atoms with Crippen LogP contribution in [0.1, 0.15) is 21.6 Å². The van der Waals surface area contributed by atoms with Gasteiger partial charge in [0.1, 0.15) is 11.4 Å². The number of ketones is 1. The van der Waals surface area contributed by atoms with Crippen molar-refractivity contribution >= 4 is 28.5 Å². The fraction of sp³-hybridized carbons (Fsp3) is 0.130. The average Bonchev–Trinajstić information content (AvgIpc) is 3.21. The zero-order valence-electron chi connectivity index (χ0n) is 16.3. The Hall–Kier alpha value is -3.74. The van der Waals surface area contributed by atoms with E-state index in [1.165, 1.54) is 18.2 Å². The third-order valence-corrected chi connectivity index (χ3v) is 4.80. The molecule has 0 spiro atoms. The van der Waals surface area contributed by atoms with Crippen molar-refractivity contribution in [1.82, 2.24) is 14.2 Å². The first-order valence-electron chi connectivity index (χ1n) is 9.35. The maximum absolute atomic E-state index is 13.1. The van der Waals surface area contributed by atoms with E-state index in [1.54, 1.807) is 35.7 Å². The van der Waals surface area contributed by atoms with E-state index >= 15 is 0 Å². The molecule has 0 radical (unpaired) electrons. The van der Waals surface area contributed by atoms with Crippen molar-refractivity contribution in [3.63, 3.8) is 0 Å². The molecular weight excluding hydrogens is 388 g/mol. The van der Waals surface area contributed by atoms with Crippen molar-refractivity contribution in [3.05, 3.63) is 84.1 Å². The largest absolute Gasteiger partial charge is 0.434 e. The van der Waals surface area contributed by atoms with Crippen molar-refractivity contribution in [2.75, 3.05) is 0 Å². The molecule has 0 aliphatic rings. The second kappa shape index (κ2) is 7.94. The molecule has 2 heterocycles. The molecule has 30 heavy (non-hydrogen) atoms. The maximum Gasteiger partial charge on any atom is 0.387 e. The number of hydrogen-bond donors (Lipinski definition) is 0. The zero-order chi connectivity index (χ0) is 21.3. The predicted molar refractivity (Wildman–Crippen MR) is 112 cm³/mol. The Balaban J connectivity index is 1.80. The molecule has 0 aliphatic heterocycles. The number of nitrogens with zero attached hydrogens (tertiary/aromatic N) is 3.